The molecule has 1 aliphatic heterocycles. The van der Waals surface area contributed by atoms with Gasteiger partial charge in [0, 0.05) is 26.3 Å². The van der Waals surface area contributed by atoms with E-state index in [1.165, 1.54) is 19.1 Å². The molecule has 1 aromatic carbocycles. The second-order valence-corrected chi connectivity index (χ2v) is 6.84. The molecule has 168 valence electrons. The molecular weight excluding hydrogens is 421 g/mol. The summed E-state index contributed by atoms with van der Waals surface area (Å²) in [6.45, 7) is 4.38. The number of carbonyl (C=O) groups is 3. The van der Waals surface area contributed by atoms with E-state index < -0.39 is 60.2 Å². The highest BCUT2D eigenvalue weighted by atomic mass is 19.4. The molecule has 0 radical (unpaired) electrons. The van der Waals surface area contributed by atoms with Crippen LogP contribution in [-0.4, -0.2) is 48.4 Å². The van der Waals surface area contributed by atoms with Gasteiger partial charge in [0.1, 0.15) is 12.7 Å². The maximum absolute atomic E-state index is 13.3. The van der Waals surface area contributed by atoms with Crippen molar-refractivity contribution in [2.45, 2.75) is 57.8 Å². The lowest BCUT2D eigenvalue weighted by atomic mass is 9.90. The summed E-state index contributed by atoms with van der Waals surface area (Å²) in [6, 6.07) is 4.59. The minimum atomic E-state index is -4.67. The highest BCUT2D eigenvalue weighted by molar-refractivity contribution is 5.69. The Hall–Kier alpha value is -3.06. The Morgan fingerprint density at radius 1 is 1.10 bits per heavy atom. The second kappa shape index (κ2) is 9.39. The van der Waals surface area contributed by atoms with Crippen molar-refractivity contribution in [1.82, 2.24) is 0 Å². The molecule has 1 fully saturated rings. The third-order valence-electron chi connectivity index (χ3n) is 4.37. The summed E-state index contributed by atoms with van der Waals surface area (Å²) >= 11 is 0. The molecule has 10 heteroatoms. The zero-order valence-electron chi connectivity index (χ0n) is 17.2. The fourth-order valence-corrected chi connectivity index (χ4v) is 3.22. The summed E-state index contributed by atoms with van der Waals surface area (Å²) < 4.78 is 61.3. The zero-order valence-corrected chi connectivity index (χ0v) is 17.2. The first-order valence-corrected chi connectivity index (χ1v) is 9.22. The Kier molecular flexibility index (Phi) is 7.33. The van der Waals surface area contributed by atoms with Crippen LogP contribution in [0.5, 0.6) is 0 Å². The van der Waals surface area contributed by atoms with E-state index in [0.717, 1.165) is 32.9 Å². The summed E-state index contributed by atoms with van der Waals surface area (Å²) in [6.07, 6.45) is -8.03. The van der Waals surface area contributed by atoms with Crippen LogP contribution >= 0.6 is 0 Å². The number of benzene rings is 1. The number of halogens is 3. The van der Waals surface area contributed by atoms with E-state index in [0.29, 0.717) is 0 Å². The number of hydrogen-bond donors (Lipinski definition) is 0. The van der Waals surface area contributed by atoms with Crippen LogP contribution in [0.4, 0.5) is 13.2 Å². The van der Waals surface area contributed by atoms with Crippen LogP contribution in [0.1, 0.15) is 38.8 Å². The van der Waals surface area contributed by atoms with Crippen LogP contribution in [0, 0.1) is 11.8 Å². The summed E-state index contributed by atoms with van der Waals surface area (Å²) in [5.41, 5.74) is -3.38. The third-order valence-corrected chi connectivity index (χ3v) is 4.37. The number of ether oxygens (including phenoxy) is 4. The highest BCUT2D eigenvalue weighted by Crippen LogP contribution is 2.38. The van der Waals surface area contributed by atoms with Gasteiger partial charge in [-0.15, -0.1) is 0 Å². The van der Waals surface area contributed by atoms with Crippen molar-refractivity contribution in [3.8, 4) is 11.8 Å². The van der Waals surface area contributed by atoms with Crippen molar-refractivity contribution in [3.05, 3.63) is 35.4 Å². The molecule has 0 amide bonds. The number of carbonyl (C=O) groups excluding carboxylic acids is 3. The molecule has 1 heterocycles. The molecule has 0 N–H and O–H groups in total. The number of rotatable bonds is 4. The van der Waals surface area contributed by atoms with Gasteiger partial charge in [0.15, 0.2) is 6.10 Å². The van der Waals surface area contributed by atoms with Crippen LogP contribution in [-0.2, 0) is 39.5 Å². The number of hydrogen-bond acceptors (Lipinski definition) is 7. The van der Waals surface area contributed by atoms with Crippen LogP contribution in [0.2, 0.25) is 0 Å². The maximum atomic E-state index is 13.3. The van der Waals surface area contributed by atoms with Crippen molar-refractivity contribution in [1.29, 1.82) is 0 Å². The first-order valence-electron chi connectivity index (χ1n) is 9.22. The molecule has 7 nitrogen and oxygen atoms in total. The first-order chi connectivity index (χ1) is 14.4. The molecule has 4 atom stereocenters. The van der Waals surface area contributed by atoms with Crippen molar-refractivity contribution >= 4 is 17.9 Å². The largest absolute Gasteiger partial charge is 0.463 e. The minimum Gasteiger partial charge on any atom is -0.463 e. The van der Waals surface area contributed by atoms with Crippen molar-refractivity contribution < 1.29 is 46.5 Å². The molecule has 0 aromatic heterocycles. The molecule has 1 aliphatic rings. The molecule has 1 saturated heterocycles. The monoisotopic (exact) mass is 442 g/mol. The summed E-state index contributed by atoms with van der Waals surface area (Å²) in [5, 5.41) is 0. The summed E-state index contributed by atoms with van der Waals surface area (Å²) in [7, 11) is 0. The summed E-state index contributed by atoms with van der Waals surface area (Å²) in [4.78, 5) is 34.8. The lowest BCUT2D eigenvalue weighted by molar-refractivity contribution is -0.175. The van der Waals surface area contributed by atoms with E-state index in [1.807, 2.05) is 0 Å². The predicted octanol–water partition coefficient (Wildman–Crippen LogP) is 2.64. The van der Waals surface area contributed by atoms with Crippen LogP contribution in [0.15, 0.2) is 24.3 Å². The first kappa shape index (κ1) is 24.2. The maximum Gasteiger partial charge on any atom is 0.417 e. The number of esters is 3. The van der Waals surface area contributed by atoms with Crippen molar-refractivity contribution in [2.75, 3.05) is 6.61 Å². The van der Waals surface area contributed by atoms with E-state index in [-0.39, 0.29) is 5.56 Å². The second-order valence-electron chi connectivity index (χ2n) is 6.84. The molecule has 2 rings (SSSR count). The fourth-order valence-electron chi connectivity index (χ4n) is 3.22. The summed E-state index contributed by atoms with van der Waals surface area (Å²) in [5.74, 6) is 2.66. The van der Waals surface area contributed by atoms with E-state index in [9.17, 15) is 27.6 Å². The zero-order chi connectivity index (χ0) is 23.4. The Balaban J connectivity index is 2.64. The van der Waals surface area contributed by atoms with E-state index in [2.05, 4.69) is 11.8 Å². The van der Waals surface area contributed by atoms with E-state index >= 15 is 0 Å². The Labute approximate surface area is 176 Å². The highest BCUT2D eigenvalue weighted by Gasteiger charge is 2.60. The molecule has 0 unspecified atom stereocenters. The average molecular weight is 442 g/mol. The SMILES string of the molecule is CC(=O)OC[C@H]1O[C@@H](C)[C@H](OC(C)=O)[C@]1(C#Cc1ccccc1C(F)(F)F)OC(C)=O. The smallest absolute Gasteiger partial charge is 0.417 e. The van der Waals surface area contributed by atoms with E-state index in [4.69, 9.17) is 18.9 Å². The van der Waals surface area contributed by atoms with Gasteiger partial charge in [-0.3, -0.25) is 14.4 Å². The molecule has 0 saturated carbocycles. The van der Waals surface area contributed by atoms with Gasteiger partial charge < -0.3 is 18.9 Å². The lowest BCUT2D eigenvalue weighted by Gasteiger charge is -2.32. The van der Waals surface area contributed by atoms with Gasteiger partial charge in [0.05, 0.1) is 11.7 Å². The van der Waals surface area contributed by atoms with Gasteiger partial charge in [0.25, 0.3) is 0 Å². The van der Waals surface area contributed by atoms with Crippen LogP contribution < -0.4 is 0 Å². The van der Waals surface area contributed by atoms with Gasteiger partial charge in [-0.25, -0.2) is 0 Å². The topological polar surface area (TPSA) is 88.1 Å². The third kappa shape index (κ3) is 5.76. The van der Waals surface area contributed by atoms with Gasteiger partial charge >= 0.3 is 24.1 Å². The average Bonchev–Trinajstić information content (AvgIpc) is 2.88. The predicted molar refractivity (Wildman–Crippen MR) is 99.3 cm³/mol. The van der Waals surface area contributed by atoms with Gasteiger partial charge in [-0.1, -0.05) is 18.1 Å². The Morgan fingerprint density at radius 3 is 2.29 bits per heavy atom. The Morgan fingerprint density at radius 2 is 1.74 bits per heavy atom. The number of alkyl halides is 3. The standard InChI is InChI=1S/C21H21F3O7/c1-12-19(30-14(3)26)20(31-15(4)27,18(29-12)11-28-13(2)25)10-9-16-7-5-6-8-17(16)21(22,23)24/h5-8,12,18-19H,11H2,1-4H3/t12-,18+,19-,20+/m0/s1. The molecule has 0 bridgehead atoms. The Bertz CT molecular complexity index is 916. The molecule has 0 spiro atoms. The minimum absolute atomic E-state index is 0.381. The van der Waals surface area contributed by atoms with Crippen molar-refractivity contribution in [2.24, 2.45) is 0 Å². The van der Waals surface area contributed by atoms with Crippen molar-refractivity contribution in [3.63, 3.8) is 0 Å². The van der Waals surface area contributed by atoms with Crippen LogP contribution in [0.25, 0.3) is 0 Å². The van der Waals surface area contributed by atoms with Gasteiger partial charge in [0.2, 0.25) is 5.60 Å². The fraction of sp³-hybridized carbons (Fsp3) is 0.476. The normalized spacial score (nSPS) is 25.2. The van der Waals surface area contributed by atoms with E-state index in [1.54, 1.807) is 0 Å². The lowest BCUT2D eigenvalue weighted by Crippen LogP contribution is -2.53. The van der Waals surface area contributed by atoms with Gasteiger partial charge in [-0.05, 0) is 25.0 Å². The molecule has 31 heavy (non-hydrogen) atoms. The molecule has 1 aromatic rings. The molecular formula is C21H21F3O7. The van der Waals surface area contributed by atoms with Crippen LogP contribution in [0.3, 0.4) is 0 Å². The quantitative estimate of drug-likeness (QED) is 0.402. The molecule has 0 aliphatic carbocycles. The van der Waals surface area contributed by atoms with Gasteiger partial charge in [-0.2, -0.15) is 13.2 Å².